The molecular formula is C12H25NaO5S. The second kappa shape index (κ2) is 20.8. The van der Waals surface area contributed by atoms with E-state index in [1.807, 2.05) is 0 Å². The van der Waals surface area contributed by atoms with Crippen LogP contribution in [0.2, 0.25) is 0 Å². The summed E-state index contributed by atoms with van der Waals surface area (Å²) in [4.78, 5) is 10.2. The summed E-state index contributed by atoms with van der Waals surface area (Å²) >= 11 is -2.86. The molecule has 0 aliphatic carbocycles. The van der Waals surface area contributed by atoms with Gasteiger partial charge < -0.3 is 14.2 Å². The SMILES string of the molecule is CCCCCCCCCCCC(=O)O.O=S([O-])O.[Na+]. The van der Waals surface area contributed by atoms with Crippen LogP contribution < -0.4 is 29.6 Å². The number of carbonyl (C=O) groups is 1. The van der Waals surface area contributed by atoms with E-state index in [4.69, 9.17) is 18.4 Å². The minimum Gasteiger partial charge on any atom is -0.750 e. The van der Waals surface area contributed by atoms with Crippen LogP contribution >= 0.6 is 0 Å². The molecule has 1 unspecified atom stereocenters. The minimum absolute atomic E-state index is 0. The molecule has 0 aliphatic rings. The summed E-state index contributed by atoms with van der Waals surface area (Å²) in [7, 11) is 0. The number of hydrogen-bond acceptors (Lipinski definition) is 3. The van der Waals surface area contributed by atoms with Gasteiger partial charge >= 0.3 is 35.5 Å². The van der Waals surface area contributed by atoms with E-state index in [9.17, 15) is 4.79 Å². The third-order valence-electron chi connectivity index (χ3n) is 2.49. The molecule has 19 heavy (non-hydrogen) atoms. The fourth-order valence-electron chi connectivity index (χ4n) is 1.59. The van der Waals surface area contributed by atoms with Crippen LogP contribution in [-0.4, -0.2) is 24.4 Å². The number of aliphatic carboxylic acids is 1. The first-order valence-electron chi connectivity index (χ1n) is 6.50. The Bertz CT molecular complexity index is 210. The maximum atomic E-state index is 10.2. The Labute approximate surface area is 141 Å². The van der Waals surface area contributed by atoms with Crippen LogP contribution in [0.25, 0.3) is 0 Å². The molecule has 1 atom stereocenters. The van der Waals surface area contributed by atoms with Crippen molar-refractivity contribution in [1.82, 2.24) is 0 Å². The molecule has 7 heteroatoms. The van der Waals surface area contributed by atoms with Gasteiger partial charge in [-0.05, 0) is 6.42 Å². The zero-order valence-electron chi connectivity index (χ0n) is 12.1. The van der Waals surface area contributed by atoms with Crippen LogP contribution in [0.5, 0.6) is 0 Å². The van der Waals surface area contributed by atoms with E-state index in [2.05, 4.69) is 6.92 Å². The second-order valence-corrected chi connectivity index (χ2v) is 4.62. The molecule has 0 aromatic rings. The van der Waals surface area contributed by atoms with Crippen LogP contribution in [0.4, 0.5) is 0 Å². The monoisotopic (exact) mass is 304 g/mol. The van der Waals surface area contributed by atoms with Gasteiger partial charge in [0.15, 0.2) is 0 Å². The average molecular weight is 304 g/mol. The molecule has 0 aromatic carbocycles. The van der Waals surface area contributed by atoms with E-state index < -0.39 is 17.3 Å². The molecule has 0 aromatic heterocycles. The van der Waals surface area contributed by atoms with Gasteiger partial charge in [-0.25, -0.2) is 4.21 Å². The first kappa shape index (κ1) is 24.6. The number of unbranched alkanes of at least 4 members (excludes halogenated alkanes) is 8. The van der Waals surface area contributed by atoms with E-state index in [-0.39, 0.29) is 29.6 Å². The smallest absolute Gasteiger partial charge is 0.750 e. The minimum atomic E-state index is -2.86. The summed E-state index contributed by atoms with van der Waals surface area (Å²) in [6.45, 7) is 2.23. The molecule has 0 rings (SSSR count). The molecule has 0 amide bonds. The van der Waals surface area contributed by atoms with Crippen molar-refractivity contribution >= 4 is 17.3 Å². The van der Waals surface area contributed by atoms with E-state index in [1.54, 1.807) is 0 Å². The van der Waals surface area contributed by atoms with Crippen LogP contribution in [-0.2, 0) is 16.2 Å². The Kier molecular flexibility index (Phi) is 26.9. The maximum Gasteiger partial charge on any atom is 1.00 e. The molecule has 0 saturated heterocycles. The Morgan fingerprint density at radius 2 is 1.32 bits per heavy atom. The van der Waals surface area contributed by atoms with Gasteiger partial charge in [-0.3, -0.25) is 4.79 Å². The van der Waals surface area contributed by atoms with Crippen LogP contribution in [0.1, 0.15) is 71.1 Å². The maximum absolute atomic E-state index is 10.2. The van der Waals surface area contributed by atoms with Gasteiger partial charge in [-0.2, -0.15) is 0 Å². The van der Waals surface area contributed by atoms with E-state index in [0.717, 1.165) is 12.8 Å². The molecule has 0 fully saturated rings. The molecule has 0 bridgehead atoms. The zero-order valence-corrected chi connectivity index (χ0v) is 14.9. The van der Waals surface area contributed by atoms with Crippen molar-refractivity contribution in [3.63, 3.8) is 0 Å². The largest absolute Gasteiger partial charge is 1.00 e. The van der Waals surface area contributed by atoms with Crippen molar-refractivity contribution in [1.29, 1.82) is 0 Å². The van der Waals surface area contributed by atoms with Crippen molar-refractivity contribution in [3.8, 4) is 0 Å². The average Bonchev–Trinajstić information content (AvgIpc) is 2.26. The van der Waals surface area contributed by atoms with Gasteiger partial charge in [0.25, 0.3) is 0 Å². The molecule has 110 valence electrons. The molecule has 0 saturated carbocycles. The summed E-state index contributed by atoms with van der Waals surface area (Å²) in [6.07, 6.45) is 11.5. The van der Waals surface area contributed by atoms with Crippen LogP contribution in [0, 0.1) is 0 Å². The first-order valence-corrected chi connectivity index (χ1v) is 7.54. The molecule has 0 spiro atoms. The molecule has 0 heterocycles. The van der Waals surface area contributed by atoms with Crippen LogP contribution in [0.15, 0.2) is 0 Å². The second-order valence-electron chi connectivity index (χ2n) is 4.19. The van der Waals surface area contributed by atoms with Crippen molar-refractivity contribution in [3.05, 3.63) is 0 Å². The third-order valence-corrected chi connectivity index (χ3v) is 2.49. The van der Waals surface area contributed by atoms with Crippen molar-refractivity contribution in [2.75, 3.05) is 0 Å². The fourth-order valence-corrected chi connectivity index (χ4v) is 1.59. The third kappa shape index (κ3) is 38.1. The molecule has 2 N–H and O–H groups in total. The molecule has 0 radical (unpaired) electrons. The van der Waals surface area contributed by atoms with E-state index >= 15 is 0 Å². The Morgan fingerprint density at radius 1 is 1.00 bits per heavy atom. The fraction of sp³-hybridized carbons (Fsp3) is 0.917. The number of rotatable bonds is 10. The molecular weight excluding hydrogens is 279 g/mol. The summed E-state index contributed by atoms with van der Waals surface area (Å²) in [5.74, 6) is -0.659. The van der Waals surface area contributed by atoms with Gasteiger partial charge in [0.2, 0.25) is 0 Å². The standard InChI is InChI=1S/C12H24O2.Na.H2O3S/c1-2-3-4-5-6-7-8-9-10-11-12(13)14;;1-4(2)3/h2-11H2,1H3,(H,13,14);;(H2,1,2,3)/q;+1;/p-1. The van der Waals surface area contributed by atoms with Gasteiger partial charge in [-0.15, -0.1) is 0 Å². The molecule has 0 aliphatic heterocycles. The topological polar surface area (TPSA) is 97.7 Å². The van der Waals surface area contributed by atoms with Gasteiger partial charge in [0.1, 0.15) is 0 Å². The predicted molar refractivity (Wildman–Crippen MR) is 71.0 cm³/mol. The predicted octanol–water partition coefficient (Wildman–Crippen LogP) is 0.334. The van der Waals surface area contributed by atoms with E-state index in [0.29, 0.717) is 6.42 Å². The van der Waals surface area contributed by atoms with Crippen molar-refractivity contribution < 1.29 is 52.8 Å². The number of hydrogen-bond donors (Lipinski definition) is 2. The van der Waals surface area contributed by atoms with Crippen molar-refractivity contribution in [2.24, 2.45) is 0 Å². The number of carboxylic acids is 1. The Hall–Kier alpha value is 0.540. The van der Waals surface area contributed by atoms with E-state index in [1.165, 1.54) is 44.9 Å². The number of carboxylic acid groups (broad SMARTS) is 1. The molecule has 5 nitrogen and oxygen atoms in total. The quantitative estimate of drug-likeness (QED) is 0.344. The normalized spacial score (nSPS) is 10.9. The van der Waals surface area contributed by atoms with Gasteiger partial charge in [0, 0.05) is 6.42 Å². The summed E-state index contributed by atoms with van der Waals surface area (Å²) in [6, 6.07) is 0. The van der Waals surface area contributed by atoms with Gasteiger partial charge in [0.05, 0.1) is 11.4 Å². The summed E-state index contributed by atoms with van der Waals surface area (Å²) in [5, 5.41) is 8.41. The summed E-state index contributed by atoms with van der Waals surface area (Å²) in [5.41, 5.74) is 0. The van der Waals surface area contributed by atoms with Crippen LogP contribution in [0.3, 0.4) is 0 Å². The van der Waals surface area contributed by atoms with Crippen molar-refractivity contribution in [2.45, 2.75) is 71.1 Å². The zero-order chi connectivity index (χ0) is 14.2. The first-order chi connectivity index (χ1) is 8.50. The Balaban J connectivity index is -0.000000448. The Morgan fingerprint density at radius 3 is 1.63 bits per heavy atom. The summed E-state index contributed by atoms with van der Waals surface area (Å²) < 4.78 is 24.1. The van der Waals surface area contributed by atoms with Gasteiger partial charge in [-0.1, -0.05) is 58.3 Å².